The Hall–Kier alpha value is -2.08. The topological polar surface area (TPSA) is 0 Å². The van der Waals surface area contributed by atoms with Crippen molar-refractivity contribution in [2.45, 2.75) is 39.5 Å². The van der Waals surface area contributed by atoms with E-state index in [9.17, 15) is 0 Å². The van der Waals surface area contributed by atoms with Crippen LogP contribution in [0.4, 0.5) is 0 Å². The van der Waals surface area contributed by atoms with Crippen molar-refractivity contribution in [2.24, 2.45) is 0 Å². The summed E-state index contributed by atoms with van der Waals surface area (Å²) in [6, 6.07) is 22.3. The fraction of sp³-hybridized carbons (Fsp3) is 0.273. The lowest BCUT2D eigenvalue weighted by atomic mass is 9.87. The van der Waals surface area contributed by atoms with E-state index in [-0.39, 0.29) is 0 Å². The zero-order valence-corrected chi connectivity index (χ0v) is 13.9. The van der Waals surface area contributed by atoms with Crippen LogP contribution in [-0.2, 0) is 0 Å². The van der Waals surface area contributed by atoms with Crippen molar-refractivity contribution in [1.29, 1.82) is 0 Å². The number of hydrogen-bond acceptors (Lipinski definition) is 0. The van der Waals surface area contributed by atoms with Crippen molar-refractivity contribution in [1.82, 2.24) is 0 Å². The van der Waals surface area contributed by atoms with Gasteiger partial charge in [-0.3, -0.25) is 0 Å². The zero-order valence-electron chi connectivity index (χ0n) is 13.9. The average molecular weight is 288 g/mol. The molecular formula is C22H24. The van der Waals surface area contributed by atoms with Gasteiger partial charge in [-0.15, -0.1) is 0 Å². The van der Waals surface area contributed by atoms with E-state index < -0.39 is 0 Å². The summed E-state index contributed by atoms with van der Waals surface area (Å²) in [7, 11) is 0. The molecule has 0 amide bonds. The third-order valence-corrected chi connectivity index (χ3v) is 4.41. The van der Waals surface area contributed by atoms with Gasteiger partial charge in [0.1, 0.15) is 0 Å². The second kappa shape index (κ2) is 5.96. The lowest BCUT2D eigenvalue weighted by Gasteiger charge is -2.17. The van der Waals surface area contributed by atoms with Crippen molar-refractivity contribution in [3.05, 3.63) is 71.8 Å². The van der Waals surface area contributed by atoms with Gasteiger partial charge in [0.15, 0.2) is 0 Å². The molecule has 0 aliphatic heterocycles. The summed E-state index contributed by atoms with van der Waals surface area (Å²) < 4.78 is 0. The zero-order chi connectivity index (χ0) is 15.7. The summed E-state index contributed by atoms with van der Waals surface area (Å²) >= 11 is 0. The van der Waals surface area contributed by atoms with Gasteiger partial charge in [0.05, 0.1) is 0 Å². The first kappa shape index (κ1) is 14.8. The van der Waals surface area contributed by atoms with Gasteiger partial charge in [0, 0.05) is 0 Å². The van der Waals surface area contributed by atoms with Crippen LogP contribution in [0.2, 0.25) is 0 Å². The Morgan fingerprint density at radius 3 is 1.82 bits per heavy atom. The van der Waals surface area contributed by atoms with Gasteiger partial charge in [-0.2, -0.15) is 0 Å². The highest BCUT2D eigenvalue weighted by atomic mass is 14.2. The van der Waals surface area contributed by atoms with E-state index >= 15 is 0 Å². The van der Waals surface area contributed by atoms with Gasteiger partial charge >= 0.3 is 0 Å². The highest BCUT2D eigenvalue weighted by molar-refractivity contribution is 5.87. The van der Waals surface area contributed by atoms with Crippen LogP contribution in [-0.4, -0.2) is 0 Å². The van der Waals surface area contributed by atoms with Crippen LogP contribution in [0.15, 0.2) is 60.7 Å². The first-order valence-corrected chi connectivity index (χ1v) is 8.19. The van der Waals surface area contributed by atoms with Crippen molar-refractivity contribution in [3.8, 4) is 11.1 Å². The number of fused-ring (bicyclic) bond motifs is 1. The summed E-state index contributed by atoms with van der Waals surface area (Å²) in [5.74, 6) is 1.13. The lowest BCUT2D eigenvalue weighted by molar-refractivity contribution is 0.791. The Balaban J connectivity index is 2.12. The maximum atomic E-state index is 2.38. The van der Waals surface area contributed by atoms with Crippen LogP contribution < -0.4 is 0 Å². The van der Waals surface area contributed by atoms with E-state index in [0.29, 0.717) is 11.8 Å². The number of benzene rings is 3. The highest BCUT2D eigenvalue weighted by Crippen LogP contribution is 2.32. The average Bonchev–Trinajstić information content (AvgIpc) is 2.53. The second-order valence-electron chi connectivity index (χ2n) is 6.72. The Morgan fingerprint density at radius 2 is 1.14 bits per heavy atom. The molecule has 0 heterocycles. The lowest BCUT2D eigenvalue weighted by Crippen LogP contribution is -1.99. The summed E-state index contributed by atoms with van der Waals surface area (Å²) in [6.07, 6.45) is 0. The standard InChI is InChI=1S/C22H24/c1-15(2)21-12-11-20(14-22(21)16(3)4)19-10-9-17-7-5-6-8-18(17)13-19/h5-16H,1-4H3. The monoisotopic (exact) mass is 288 g/mol. The molecule has 3 aromatic carbocycles. The van der Waals surface area contributed by atoms with E-state index in [2.05, 4.69) is 88.4 Å². The van der Waals surface area contributed by atoms with Crippen LogP contribution in [0.1, 0.15) is 50.7 Å². The summed E-state index contributed by atoms with van der Waals surface area (Å²) in [4.78, 5) is 0. The molecule has 0 spiro atoms. The molecule has 0 heteroatoms. The second-order valence-corrected chi connectivity index (χ2v) is 6.72. The van der Waals surface area contributed by atoms with Crippen molar-refractivity contribution < 1.29 is 0 Å². The van der Waals surface area contributed by atoms with Crippen molar-refractivity contribution in [3.63, 3.8) is 0 Å². The molecule has 0 unspecified atom stereocenters. The molecule has 0 aliphatic carbocycles. The summed E-state index contributed by atoms with van der Waals surface area (Å²) in [6.45, 7) is 9.12. The highest BCUT2D eigenvalue weighted by Gasteiger charge is 2.11. The molecule has 0 saturated heterocycles. The van der Waals surface area contributed by atoms with Gasteiger partial charge in [-0.1, -0.05) is 82.3 Å². The normalized spacial score (nSPS) is 11.5. The van der Waals surface area contributed by atoms with Gasteiger partial charge in [-0.05, 0) is 50.9 Å². The maximum absolute atomic E-state index is 2.38. The first-order chi connectivity index (χ1) is 10.6. The minimum Gasteiger partial charge on any atom is -0.0616 e. The van der Waals surface area contributed by atoms with E-state index in [1.54, 1.807) is 0 Å². The van der Waals surface area contributed by atoms with E-state index in [1.807, 2.05) is 0 Å². The molecular weight excluding hydrogens is 264 g/mol. The summed E-state index contributed by atoms with van der Waals surface area (Å²) in [5.41, 5.74) is 5.56. The molecule has 0 aliphatic rings. The Labute approximate surface area is 133 Å². The van der Waals surface area contributed by atoms with Crippen LogP contribution in [0.25, 0.3) is 21.9 Å². The van der Waals surface area contributed by atoms with Crippen molar-refractivity contribution >= 4 is 10.8 Å². The number of hydrogen-bond donors (Lipinski definition) is 0. The predicted molar refractivity (Wildman–Crippen MR) is 97.6 cm³/mol. The van der Waals surface area contributed by atoms with Crippen LogP contribution in [0.5, 0.6) is 0 Å². The Morgan fingerprint density at radius 1 is 0.545 bits per heavy atom. The fourth-order valence-electron chi connectivity index (χ4n) is 3.15. The largest absolute Gasteiger partial charge is 0.0616 e. The maximum Gasteiger partial charge on any atom is -0.0178 e. The van der Waals surface area contributed by atoms with Crippen LogP contribution in [0.3, 0.4) is 0 Å². The molecule has 0 N–H and O–H groups in total. The molecule has 0 nitrogen and oxygen atoms in total. The third-order valence-electron chi connectivity index (χ3n) is 4.41. The molecule has 0 atom stereocenters. The van der Waals surface area contributed by atoms with Crippen molar-refractivity contribution in [2.75, 3.05) is 0 Å². The fourth-order valence-corrected chi connectivity index (χ4v) is 3.15. The SMILES string of the molecule is CC(C)c1ccc(-c2ccc3ccccc3c2)cc1C(C)C. The van der Waals surface area contributed by atoms with E-state index in [1.165, 1.54) is 33.0 Å². The predicted octanol–water partition coefficient (Wildman–Crippen LogP) is 6.75. The first-order valence-electron chi connectivity index (χ1n) is 8.19. The quantitative estimate of drug-likeness (QED) is 0.500. The third kappa shape index (κ3) is 2.78. The smallest absolute Gasteiger partial charge is 0.0178 e. The molecule has 112 valence electrons. The molecule has 3 rings (SSSR count). The van der Waals surface area contributed by atoms with Gasteiger partial charge < -0.3 is 0 Å². The molecule has 0 fully saturated rings. The van der Waals surface area contributed by atoms with Crippen LogP contribution in [0, 0.1) is 0 Å². The Kier molecular flexibility index (Phi) is 4.02. The van der Waals surface area contributed by atoms with Gasteiger partial charge in [0.25, 0.3) is 0 Å². The summed E-state index contributed by atoms with van der Waals surface area (Å²) in [5, 5.41) is 2.60. The molecule has 3 aromatic rings. The molecule has 0 aromatic heterocycles. The minimum atomic E-state index is 0.554. The Bertz CT molecular complexity index is 794. The van der Waals surface area contributed by atoms with Gasteiger partial charge in [0.2, 0.25) is 0 Å². The molecule has 22 heavy (non-hydrogen) atoms. The van der Waals surface area contributed by atoms with E-state index in [0.717, 1.165) is 0 Å². The molecule has 0 saturated carbocycles. The minimum absolute atomic E-state index is 0.554. The molecule has 0 radical (unpaired) electrons. The molecule has 0 bridgehead atoms. The number of rotatable bonds is 3. The van der Waals surface area contributed by atoms with E-state index in [4.69, 9.17) is 0 Å². The van der Waals surface area contributed by atoms with Gasteiger partial charge in [-0.25, -0.2) is 0 Å². The van der Waals surface area contributed by atoms with Crippen LogP contribution >= 0.6 is 0 Å².